The first-order valence-corrected chi connectivity index (χ1v) is 9.62. The van der Waals surface area contributed by atoms with Gasteiger partial charge in [0.05, 0.1) is 6.10 Å². The Bertz CT molecular complexity index is 560. The molecule has 2 N–H and O–H groups in total. The van der Waals surface area contributed by atoms with Gasteiger partial charge in [0.1, 0.15) is 11.2 Å². The van der Waals surface area contributed by atoms with E-state index in [0.29, 0.717) is 5.92 Å². The fourth-order valence-corrected chi connectivity index (χ4v) is 6.44. The Balaban J connectivity index is 1.84. The number of aliphatic hydroxyl groups is 2. The smallest absolute Gasteiger partial charge is 0.133 e. The molecule has 0 aromatic rings. The molecular formula is C20H32O4. The van der Waals surface area contributed by atoms with Crippen LogP contribution in [0, 0.1) is 22.7 Å². The van der Waals surface area contributed by atoms with Gasteiger partial charge in [-0.25, -0.2) is 9.78 Å². The van der Waals surface area contributed by atoms with Gasteiger partial charge in [-0.05, 0) is 61.0 Å². The van der Waals surface area contributed by atoms with Gasteiger partial charge in [-0.15, -0.1) is 0 Å². The summed E-state index contributed by atoms with van der Waals surface area (Å²) in [4.78, 5) is 12.2. The fourth-order valence-electron chi connectivity index (χ4n) is 6.44. The summed E-state index contributed by atoms with van der Waals surface area (Å²) in [7, 11) is 0. The molecule has 136 valence electrons. The van der Waals surface area contributed by atoms with Crippen molar-refractivity contribution in [3.63, 3.8) is 0 Å². The van der Waals surface area contributed by atoms with Crippen LogP contribution in [0.25, 0.3) is 0 Å². The topological polar surface area (TPSA) is 58.9 Å². The molecule has 2 bridgehead atoms. The largest absolute Gasteiger partial charge is 0.396 e. The molecule has 3 aliphatic carbocycles. The zero-order valence-electron chi connectivity index (χ0n) is 15.5. The van der Waals surface area contributed by atoms with E-state index in [1.807, 2.05) is 0 Å². The number of hydrogen-bond donors (Lipinski definition) is 2. The van der Waals surface area contributed by atoms with Gasteiger partial charge in [-0.2, -0.15) is 0 Å². The van der Waals surface area contributed by atoms with Gasteiger partial charge in [0.2, 0.25) is 0 Å². The highest BCUT2D eigenvalue weighted by atomic mass is 17.2. The lowest BCUT2D eigenvalue weighted by Gasteiger charge is -2.67. The molecule has 0 aromatic heterocycles. The third kappa shape index (κ3) is 1.83. The summed E-state index contributed by atoms with van der Waals surface area (Å²) in [6.07, 6.45) is 7.45. The second kappa shape index (κ2) is 5.06. The van der Waals surface area contributed by atoms with Crippen LogP contribution in [0.4, 0.5) is 0 Å². The predicted octanol–water partition coefficient (Wildman–Crippen LogP) is 3.37. The van der Waals surface area contributed by atoms with E-state index in [0.717, 1.165) is 44.1 Å². The Morgan fingerprint density at radius 1 is 1.17 bits per heavy atom. The molecule has 1 saturated heterocycles. The number of fused-ring (bicyclic) bond motifs is 3. The third-order valence-corrected chi connectivity index (χ3v) is 8.21. The summed E-state index contributed by atoms with van der Waals surface area (Å²) in [5, 5.41) is 21.1. The van der Waals surface area contributed by atoms with E-state index in [2.05, 4.69) is 33.8 Å². The van der Waals surface area contributed by atoms with Crippen LogP contribution in [-0.4, -0.2) is 34.1 Å². The van der Waals surface area contributed by atoms with Gasteiger partial charge in [-0.3, -0.25) is 0 Å². The van der Waals surface area contributed by atoms with Crippen molar-refractivity contribution in [1.82, 2.24) is 0 Å². The predicted molar refractivity (Wildman–Crippen MR) is 91.1 cm³/mol. The highest BCUT2D eigenvalue weighted by molar-refractivity contribution is 5.38. The van der Waals surface area contributed by atoms with Gasteiger partial charge in [0.25, 0.3) is 0 Å². The van der Waals surface area contributed by atoms with E-state index in [-0.39, 0.29) is 23.4 Å². The molecule has 24 heavy (non-hydrogen) atoms. The van der Waals surface area contributed by atoms with Crippen molar-refractivity contribution in [3.05, 3.63) is 11.6 Å². The van der Waals surface area contributed by atoms with Gasteiger partial charge >= 0.3 is 0 Å². The van der Waals surface area contributed by atoms with E-state index < -0.39 is 17.3 Å². The highest BCUT2D eigenvalue weighted by Gasteiger charge is 2.69. The van der Waals surface area contributed by atoms with Crippen molar-refractivity contribution in [2.24, 2.45) is 22.7 Å². The van der Waals surface area contributed by atoms with Gasteiger partial charge < -0.3 is 10.2 Å². The molecule has 3 fully saturated rings. The van der Waals surface area contributed by atoms with Crippen molar-refractivity contribution >= 4 is 0 Å². The molecule has 4 nitrogen and oxygen atoms in total. The van der Waals surface area contributed by atoms with E-state index >= 15 is 0 Å². The van der Waals surface area contributed by atoms with Crippen LogP contribution < -0.4 is 0 Å². The Hall–Kier alpha value is -0.420. The zero-order chi connectivity index (χ0) is 17.4. The van der Waals surface area contributed by atoms with E-state index in [1.54, 1.807) is 0 Å². The Morgan fingerprint density at radius 3 is 2.50 bits per heavy atom. The summed E-state index contributed by atoms with van der Waals surface area (Å²) in [6.45, 7) is 8.97. The standard InChI is InChI=1S/C20H32O4/c1-13(2)19-8-9-20(24-23-19)14(11-19)15(22)10-16-17(3,12-21)6-5-7-18(16,20)4/h11,13,15-16,21-22H,5-10,12H2,1-4H3/t15-,16?,17+,18+,19+,20-/m1/s1. The van der Waals surface area contributed by atoms with Crippen LogP contribution in [0.3, 0.4) is 0 Å². The SMILES string of the molecule is CC(C)[C@@]12C=C3[C@H](O)CC4[C@](C)(CO)CCC[C@]4(C)[C@]3(CC1)OO2. The summed E-state index contributed by atoms with van der Waals surface area (Å²) in [6, 6.07) is 0. The number of hydrogen-bond acceptors (Lipinski definition) is 4. The maximum Gasteiger partial charge on any atom is 0.133 e. The van der Waals surface area contributed by atoms with Crippen LogP contribution in [-0.2, 0) is 9.78 Å². The lowest BCUT2D eigenvalue weighted by atomic mass is 9.43. The fraction of sp³-hybridized carbons (Fsp3) is 0.900. The molecule has 5 rings (SSSR count). The molecular weight excluding hydrogens is 304 g/mol. The maximum absolute atomic E-state index is 11.0. The first kappa shape index (κ1) is 17.0. The minimum Gasteiger partial charge on any atom is -0.396 e. The molecule has 0 amide bonds. The minimum absolute atomic E-state index is 0.0998. The summed E-state index contributed by atoms with van der Waals surface area (Å²) >= 11 is 0. The van der Waals surface area contributed by atoms with Crippen molar-refractivity contribution in [1.29, 1.82) is 0 Å². The molecule has 2 aliphatic heterocycles. The van der Waals surface area contributed by atoms with Gasteiger partial charge in [0.15, 0.2) is 0 Å². The number of aliphatic hydroxyl groups excluding tert-OH is 2. The molecule has 2 heterocycles. The summed E-state index contributed by atoms with van der Waals surface area (Å²) in [5.74, 6) is 0.555. The third-order valence-electron chi connectivity index (χ3n) is 8.21. The second-order valence-electron chi connectivity index (χ2n) is 9.59. The first-order chi connectivity index (χ1) is 11.2. The molecule has 6 atom stereocenters. The lowest BCUT2D eigenvalue weighted by molar-refractivity contribution is -0.468. The summed E-state index contributed by atoms with van der Waals surface area (Å²) < 4.78 is 0. The van der Waals surface area contributed by atoms with Crippen LogP contribution >= 0.6 is 0 Å². The maximum atomic E-state index is 11.0. The molecule has 0 radical (unpaired) electrons. The second-order valence-corrected chi connectivity index (χ2v) is 9.59. The Labute approximate surface area is 145 Å². The molecule has 2 saturated carbocycles. The quantitative estimate of drug-likeness (QED) is 0.599. The highest BCUT2D eigenvalue weighted by Crippen LogP contribution is 2.68. The first-order valence-electron chi connectivity index (χ1n) is 9.62. The van der Waals surface area contributed by atoms with Crippen molar-refractivity contribution in [3.8, 4) is 0 Å². The molecule has 5 aliphatic rings. The summed E-state index contributed by atoms with van der Waals surface area (Å²) in [5.41, 5.74) is -0.118. The number of rotatable bonds is 2. The monoisotopic (exact) mass is 336 g/mol. The average Bonchev–Trinajstić information content (AvgIpc) is 2.58. The van der Waals surface area contributed by atoms with Gasteiger partial charge in [-0.1, -0.05) is 34.1 Å². The molecule has 0 aromatic carbocycles. The van der Waals surface area contributed by atoms with Gasteiger partial charge in [0, 0.05) is 12.0 Å². The molecule has 1 spiro atoms. The normalized spacial score (nSPS) is 53.5. The van der Waals surface area contributed by atoms with E-state index in [9.17, 15) is 10.2 Å². The Kier molecular flexibility index (Phi) is 3.59. The van der Waals surface area contributed by atoms with E-state index in [1.165, 1.54) is 0 Å². The van der Waals surface area contributed by atoms with Crippen molar-refractivity contribution in [2.75, 3.05) is 6.61 Å². The van der Waals surface area contributed by atoms with Crippen molar-refractivity contribution in [2.45, 2.75) is 83.5 Å². The van der Waals surface area contributed by atoms with Crippen LogP contribution in [0.1, 0.15) is 66.2 Å². The van der Waals surface area contributed by atoms with E-state index in [4.69, 9.17) is 9.78 Å². The van der Waals surface area contributed by atoms with Crippen LogP contribution in [0.2, 0.25) is 0 Å². The van der Waals surface area contributed by atoms with Crippen molar-refractivity contribution < 1.29 is 20.0 Å². The average molecular weight is 336 g/mol. The lowest BCUT2D eigenvalue weighted by Crippen LogP contribution is -2.70. The molecule has 1 unspecified atom stereocenters. The minimum atomic E-state index is -0.525. The zero-order valence-corrected chi connectivity index (χ0v) is 15.5. The van der Waals surface area contributed by atoms with Crippen LogP contribution in [0.15, 0.2) is 11.6 Å². The molecule has 4 heteroatoms. The Morgan fingerprint density at radius 2 is 1.92 bits per heavy atom. The van der Waals surface area contributed by atoms with Crippen LogP contribution in [0.5, 0.6) is 0 Å².